The number of piperidine rings is 1. The first kappa shape index (κ1) is 14.7. The number of rotatable bonds is 4. The van der Waals surface area contributed by atoms with Crippen LogP contribution in [-0.4, -0.2) is 40.1 Å². The van der Waals surface area contributed by atoms with E-state index < -0.39 is 0 Å². The van der Waals surface area contributed by atoms with Gasteiger partial charge in [0.1, 0.15) is 18.0 Å². The van der Waals surface area contributed by atoms with Gasteiger partial charge in [0.15, 0.2) is 0 Å². The maximum Gasteiger partial charge on any atom is 0.147 e. The van der Waals surface area contributed by atoms with E-state index in [-0.39, 0.29) is 0 Å². The van der Waals surface area contributed by atoms with E-state index in [1.54, 1.807) is 18.7 Å². The minimum atomic E-state index is 0.577. The first-order valence-electron chi connectivity index (χ1n) is 7.77. The summed E-state index contributed by atoms with van der Waals surface area (Å²) in [4.78, 5) is 19.8. The zero-order valence-corrected chi connectivity index (χ0v) is 13.2. The maximum absolute atomic E-state index is 4.49. The van der Waals surface area contributed by atoms with Gasteiger partial charge in [0.25, 0.3) is 0 Å². The number of anilines is 2. The van der Waals surface area contributed by atoms with Gasteiger partial charge in [0, 0.05) is 44.3 Å². The second kappa shape index (κ2) is 6.68. The molecule has 0 saturated carbocycles. The zero-order valence-electron chi connectivity index (χ0n) is 13.2. The average Bonchev–Trinajstić information content (AvgIpc) is 2.56. The summed E-state index contributed by atoms with van der Waals surface area (Å²) in [6, 6.07) is 2.06. The Morgan fingerprint density at radius 1 is 1.23 bits per heavy atom. The number of aryl methyl sites for hydroxylation is 1. The van der Waals surface area contributed by atoms with E-state index in [0.29, 0.717) is 5.92 Å². The van der Waals surface area contributed by atoms with Crippen molar-refractivity contribution in [1.82, 2.24) is 19.9 Å². The van der Waals surface area contributed by atoms with Crippen LogP contribution in [0.5, 0.6) is 0 Å². The summed E-state index contributed by atoms with van der Waals surface area (Å²) in [5.74, 6) is 2.50. The van der Waals surface area contributed by atoms with Gasteiger partial charge in [-0.25, -0.2) is 15.0 Å². The average molecular weight is 298 g/mol. The number of nitrogens with zero attached hydrogens (tertiary/aromatic N) is 5. The number of hydrogen-bond donors (Lipinski definition) is 1. The van der Waals surface area contributed by atoms with Crippen LogP contribution in [0.4, 0.5) is 11.6 Å². The summed E-state index contributed by atoms with van der Waals surface area (Å²) in [5, 5.41) is 3.13. The highest BCUT2D eigenvalue weighted by molar-refractivity contribution is 5.41. The molecule has 1 fully saturated rings. The van der Waals surface area contributed by atoms with Gasteiger partial charge in [-0.3, -0.25) is 4.98 Å². The Hall–Kier alpha value is -2.24. The molecule has 3 rings (SSSR count). The summed E-state index contributed by atoms with van der Waals surface area (Å²) in [6.45, 7) is 4.08. The van der Waals surface area contributed by atoms with E-state index >= 15 is 0 Å². The van der Waals surface area contributed by atoms with Crippen molar-refractivity contribution in [2.75, 3.05) is 30.4 Å². The number of nitrogens with one attached hydrogen (secondary N) is 1. The Morgan fingerprint density at radius 2 is 2.09 bits per heavy atom. The van der Waals surface area contributed by atoms with Crippen LogP contribution >= 0.6 is 0 Å². The Balaban J connectivity index is 1.70. The summed E-state index contributed by atoms with van der Waals surface area (Å²) >= 11 is 0. The van der Waals surface area contributed by atoms with Gasteiger partial charge < -0.3 is 10.2 Å². The Kier molecular flexibility index (Phi) is 4.46. The van der Waals surface area contributed by atoms with Crippen LogP contribution in [-0.2, 0) is 6.42 Å². The normalized spacial score (nSPS) is 18.3. The molecule has 0 radical (unpaired) electrons. The van der Waals surface area contributed by atoms with Crippen molar-refractivity contribution in [3.8, 4) is 0 Å². The van der Waals surface area contributed by atoms with E-state index in [0.717, 1.165) is 42.5 Å². The second-order valence-electron chi connectivity index (χ2n) is 5.78. The molecular weight excluding hydrogens is 276 g/mol. The molecule has 0 aliphatic carbocycles. The Labute approximate surface area is 131 Å². The highest BCUT2D eigenvalue weighted by Gasteiger charge is 2.22. The first-order chi connectivity index (χ1) is 10.8. The summed E-state index contributed by atoms with van der Waals surface area (Å²) in [6.07, 6.45) is 8.50. The summed E-state index contributed by atoms with van der Waals surface area (Å²) in [7, 11) is 1.89. The highest BCUT2D eigenvalue weighted by Crippen LogP contribution is 2.25. The molecule has 0 spiro atoms. The number of hydrogen-bond acceptors (Lipinski definition) is 6. The maximum atomic E-state index is 4.49. The van der Waals surface area contributed by atoms with E-state index in [4.69, 9.17) is 0 Å². The molecule has 0 unspecified atom stereocenters. The summed E-state index contributed by atoms with van der Waals surface area (Å²) in [5.41, 5.74) is 2.06. The van der Waals surface area contributed by atoms with E-state index in [1.807, 2.05) is 14.0 Å². The predicted octanol–water partition coefficient (Wildman–Crippen LogP) is 2.08. The molecule has 2 aromatic rings. The van der Waals surface area contributed by atoms with Crippen LogP contribution in [0.2, 0.25) is 0 Å². The van der Waals surface area contributed by atoms with E-state index in [1.165, 1.54) is 12.8 Å². The lowest BCUT2D eigenvalue weighted by molar-refractivity contribution is 0.408. The van der Waals surface area contributed by atoms with Crippen molar-refractivity contribution in [2.24, 2.45) is 5.92 Å². The van der Waals surface area contributed by atoms with Gasteiger partial charge in [-0.15, -0.1) is 0 Å². The van der Waals surface area contributed by atoms with Gasteiger partial charge in [-0.2, -0.15) is 0 Å². The molecule has 0 aromatic carbocycles. The molecule has 0 bridgehead atoms. The first-order valence-corrected chi connectivity index (χ1v) is 7.77. The molecule has 1 aliphatic heterocycles. The van der Waals surface area contributed by atoms with Crippen LogP contribution in [0.1, 0.15) is 24.2 Å². The third-order valence-corrected chi connectivity index (χ3v) is 4.13. The molecule has 6 nitrogen and oxygen atoms in total. The quantitative estimate of drug-likeness (QED) is 0.932. The zero-order chi connectivity index (χ0) is 15.4. The third-order valence-electron chi connectivity index (χ3n) is 4.13. The highest BCUT2D eigenvalue weighted by atomic mass is 15.2. The van der Waals surface area contributed by atoms with Crippen molar-refractivity contribution >= 4 is 11.6 Å². The van der Waals surface area contributed by atoms with Gasteiger partial charge >= 0.3 is 0 Å². The fourth-order valence-corrected chi connectivity index (χ4v) is 3.05. The van der Waals surface area contributed by atoms with Crippen molar-refractivity contribution in [2.45, 2.75) is 26.2 Å². The topological polar surface area (TPSA) is 66.8 Å². The lowest BCUT2D eigenvalue weighted by Gasteiger charge is -2.33. The lowest BCUT2D eigenvalue weighted by Crippen LogP contribution is -2.37. The standard InChI is InChI=1S/C16H22N6/c1-12-8-15(21-11-20-12)22-7-3-4-13(10-22)9-14-16(17-2)19-6-5-18-14/h5-6,8,11,13H,3-4,7,9-10H2,1-2H3,(H,17,19)/t13-/m1/s1. The van der Waals surface area contributed by atoms with Crippen LogP contribution < -0.4 is 10.2 Å². The Bertz CT molecular complexity index is 630. The largest absolute Gasteiger partial charge is 0.372 e. The molecule has 0 amide bonds. The monoisotopic (exact) mass is 298 g/mol. The molecule has 3 heterocycles. The summed E-state index contributed by atoms with van der Waals surface area (Å²) < 4.78 is 0. The van der Waals surface area contributed by atoms with Crippen molar-refractivity contribution in [3.63, 3.8) is 0 Å². The van der Waals surface area contributed by atoms with Crippen molar-refractivity contribution < 1.29 is 0 Å². The van der Waals surface area contributed by atoms with Gasteiger partial charge in [-0.05, 0) is 32.1 Å². The fraction of sp³-hybridized carbons (Fsp3) is 0.500. The van der Waals surface area contributed by atoms with Crippen LogP contribution in [0.15, 0.2) is 24.8 Å². The molecule has 1 aliphatic rings. The van der Waals surface area contributed by atoms with Crippen molar-refractivity contribution in [3.05, 3.63) is 36.2 Å². The van der Waals surface area contributed by atoms with E-state index in [2.05, 4.69) is 36.2 Å². The molecular formula is C16H22N6. The minimum absolute atomic E-state index is 0.577. The van der Waals surface area contributed by atoms with Crippen LogP contribution in [0.25, 0.3) is 0 Å². The minimum Gasteiger partial charge on any atom is -0.372 e. The van der Waals surface area contributed by atoms with Crippen LogP contribution in [0.3, 0.4) is 0 Å². The molecule has 22 heavy (non-hydrogen) atoms. The van der Waals surface area contributed by atoms with Crippen LogP contribution in [0, 0.1) is 12.8 Å². The fourth-order valence-electron chi connectivity index (χ4n) is 3.05. The predicted molar refractivity (Wildman–Crippen MR) is 87.0 cm³/mol. The molecule has 6 heteroatoms. The van der Waals surface area contributed by atoms with E-state index in [9.17, 15) is 0 Å². The van der Waals surface area contributed by atoms with Gasteiger partial charge in [-0.1, -0.05) is 0 Å². The molecule has 1 atom stereocenters. The number of aromatic nitrogens is 4. The molecule has 2 aromatic heterocycles. The van der Waals surface area contributed by atoms with Gasteiger partial charge in [0.05, 0.1) is 5.69 Å². The smallest absolute Gasteiger partial charge is 0.147 e. The molecule has 1 N–H and O–H groups in total. The Morgan fingerprint density at radius 3 is 2.91 bits per heavy atom. The lowest BCUT2D eigenvalue weighted by atomic mass is 9.93. The molecule has 1 saturated heterocycles. The second-order valence-corrected chi connectivity index (χ2v) is 5.78. The SMILES string of the molecule is CNc1nccnc1C[C@H]1CCCN(c2cc(C)ncn2)C1. The van der Waals surface area contributed by atoms with Crippen molar-refractivity contribution in [1.29, 1.82) is 0 Å². The van der Waals surface area contributed by atoms with Gasteiger partial charge in [0.2, 0.25) is 0 Å². The molecule has 116 valence electrons. The third kappa shape index (κ3) is 3.32.